The van der Waals surface area contributed by atoms with Crippen molar-refractivity contribution in [2.45, 2.75) is 26.8 Å². The van der Waals surface area contributed by atoms with Crippen LogP contribution in [0.1, 0.15) is 31.0 Å². The fraction of sp³-hybridized carbons (Fsp3) is 0.438. The largest absolute Gasteiger partial charge is 0.301 e. The van der Waals surface area contributed by atoms with Crippen molar-refractivity contribution in [2.75, 3.05) is 14.1 Å². The Hall–Kier alpha value is -1.41. The summed E-state index contributed by atoms with van der Waals surface area (Å²) in [5.74, 6) is 0.0711. The highest BCUT2D eigenvalue weighted by molar-refractivity contribution is 5.94. The summed E-state index contributed by atoms with van der Waals surface area (Å²) < 4.78 is 0. The molecule has 0 saturated heterocycles. The molecule has 0 aliphatic rings. The van der Waals surface area contributed by atoms with E-state index >= 15 is 0 Å². The molecule has 0 amide bonds. The average molecular weight is 245 g/mol. The van der Waals surface area contributed by atoms with Crippen LogP contribution in [0.25, 0.3) is 0 Å². The van der Waals surface area contributed by atoms with Crippen LogP contribution in [0.4, 0.5) is 0 Å². The number of nitrogens with zero attached hydrogens (tertiary/aromatic N) is 1. The second-order valence-corrected chi connectivity index (χ2v) is 5.57. The normalized spacial score (nSPS) is 13.4. The summed E-state index contributed by atoms with van der Waals surface area (Å²) in [5.41, 5.74) is 1.90. The van der Waals surface area contributed by atoms with E-state index in [1.807, 2.05) is 27.9 Å². The Kier molecular flexibility index (Phi) is 4.47. The standard InChI is InChI=1S/C16H23NO/c1-7-14(18)16(3,4)15(17(5)6)13-10-8-12(2)9-11-13/h7-11,15H,1H2,2-6H3. The van der Waals surface area contributed by atoms with Gasteiger partial charge in [0.25, 0.3) is 0 Å². The zero-order valence-electron chi connectivity index (χ0n) is 12.0. The molecule has 1 atom stereocenters. The number of hydrogen-bond acceptors (Lipinski definition) is 2. The van der Waals surface area contributed by atoms with Crippen LogP contribution in [0.2, 0.25) is 0 Å². The average Bonchev–Trinajstić information content (AvgIpc) is 2.30. The highest BCUT2D eigenvalue weighted by Crippen LogP contribution is 2.38. The van der Waals surface area contributed by atoms with Gasteiger partial charge in [-0.25, -0.2) is 0 Å². The molecule has 2 heteroatoms. The summed E-state index contributed by atoms with van der Waals surface area (Å²) in [5, 5.41) is 0. The Bertz CT molecular complexity index is 429. The van der Waals surface area contributed by atoms with Crippen molar-refractivity contribution in [3.05, 3.63) is 48.0 Å². The summed E-state index contributed by atoms with van der Waals surface area (Å²) >= 11 is 0. The van der Waals surface area contributed by atoms with Gasteiger partial charge in [0.15, 0.2) is 5.78 Å². The van der Waals surface area contributed by atoms with Gasteiger partial charge < -0.3 is 4.90 Å². The minimum atomic E-state index is -0.486. The molecule has 0 N–H and O–H groups in total. The fourth-order valence-corrected chi connectivity index (χ4v) is 2.51. The van der Waals surface area contributed by atoms with Gasteiger partial charge in [-0.15, -0.1) is 0 Å². The van der Waals surface area contributed by atoms with Crippen LogP contribution in [0.5, 0.6) is 0 Å². The minimum Gasteiger partial charge on any atom is -0.301 e. The third-order valence-electron chi connectivity index (χ3n) is 3.41. The molecule has 0 heterocycles. The molecule has 0 radical (unpaired) electrons. The van der Waals surface area contributed by atoms with Gasteiger partial charge in [0.2, 0.25) is 0 Å². The maximum absolute atomic E-state index is 12.1. The molecule has 0 fully saturated rings. The first-order valence-electron chi connectivity index (χ1n) is 6.20. The number of carbonyl (C=O) groups is 1. The topological polar surface area (TPSA) is 20.3 Å². The first-order chi connectivity index (χ1) is 8.30. The van der Waals surface area contributed by atoms with Crippen LogP contribution in [0.3, 0.4) is 0 Å². The van der Waals surface area contributed by atoms with Gasteiger partial charge in [-0.1, -0.05) is 50.3 Å². The molecule has 0 aromatic heterocycles. The van der Waals surface area contributed by atoms with Crippen LogP contribution in [0.15, 0.2) is 36.9 Å². The molecule has 1 aromatic carbocycles. The summed E-state index contributed by atoms with van der Waals surface area (Å²) in [4.78, 5) is 14.2. The van der Waals surface area contributed by atoms with Crippen LogP contribution < -0.4 is 0 Å². The molecule has 0 spiro atoms. The van der Waals surface area contributed by atoms with E-state index in [2.05, 4.69) is 42.7 Å². The van der Waals surface area contributed by atoms with Crippen LogP contribution >= 0.6 is 0 Å². The van der Waals surface area contributed by atoms with Crippen LogP contribution in [-0.4, -0.2) is 24.8 Å². The minimum absolute atomic E-state index is 0.0450. The third kappa shape index (κ3) is 2.88. The molecule has 0 saturated carbocycles. The van der Waals surface area contributed by atoms with E-state index in [4.69, 9.17) is 0 Å². The smallest absolute Gasteiger partial charge is 0.162 e. The molecule has 18 heavy (non-hydrogen) atoms. The first kappa shape index (κ1) is 14.7. The van der Waals surface area contributed by atoms with E-state index in [1.165, 1.54) is 11.6 Å². The second kappa shape index (κ2) is 5.49. The van der Waals surface area contributed by atoms with Gasteiger partial charge in [0.05, 0.1) is 0 Å². The highest BCUT2D eigenvalue weighted by atomic mass is 16.1. The Balaban J connectivity index is 3.22. The van der Waals surface area contributed by atoms with Gasteiger partial charge in [0.1, 0.15) is 0 Å². The molecular formula is C16H23NO. The summed E-state index contributed by atoms with van der Waals surface area (Å²) in [6, 6.07) is 8.40. The second-order valence-electron chi connectivity index (χ2n) is 5.57. The van der Waals surface area contributed by atoms with E-state index < -0.39 is 5.41 Å². The summed E-state index contributed by atoms with van der Waals surface area (Å²) in [6.45, 7) is 9.62. The van der Waals surface area contributed by atoms with Crippen LogP contribution in [0, 0.1) is 12.3 Å². The third-order valence-corrected chi connectivity index (χ3v) is 3.41. The van der Waals surface area contributed by atoms with Gasteiger partial charge >= 0.3 is 0 Å². The summed E-state index contributed by atoms with van der Waals surface area (Å²) in [7, 11) is 4.01. The van der Waals surface area contributed by atoms with Crippen molar-refractivity contribution in [2.24, 2.45) is 5.41 Å². The van der Waals surface area contributed by atoms with Crippen molar-refractivity contribution >= 4 is 5.78 Å². The van der Waals surface area contributed by atoms with E-state index in [0.29, 0.717) is 0 Å². The van der Waals surface area contributed by atoms with Gasteiger partial charge in [-0.05, 0) is 32.7 Å². The lowest BCUT2D eigenvalue weighted by atomic mass is 9.76. The van der Waals surface area contributed by atoms with Gasteiger partial charge in [-0.2, -0.15) is 0 Å². The van der Waals surface area contributed by atoms with Gasteiger partial charge in [-0.3, -0.25) is 4.79 Å². The maximum atomic E-state index is 12.1. The SMILES string of the molecule is C=CC(=O)C(C)(C)C(c1ccc(C)cc1)N(C)C. The molecule has 1 aromatic rings. The Morgan fingerprint density at radius 2 is 1.78 bits per heavy atom. The molecule has 2 nitrogen and oxygen atoms in total. The zero-order valence-corrected chi connectivity index (χ0v) is 12.0. The monoisotopic (exact) mass is 245 g/mol. The molecule has 98 valence electrons. The lowest BCUT2D eigenvalue weighted by Crippen LogP contribution is -2.38. The fourth-order valence-electron chi connectivity index (χ4n) is 2.51. The van der Waals surface area contributed by atoms with Crippen molar-refractivity contribution < 1.29 is 4.79 Å². The number of rotatable bonds is 5. The molecule has 1 rings (SSSR count). The molecule has 0 aliphatic carbocycles. The number of hydrogen-bond donors (Lipinski definition) is 0. The number of aryl methyl sites for hydroxylation is 1. The van der Waals surface area contributed by atoms with Crippen molar-refractivity contribution in [3.63, 3.8) is 0 Å². The zero-order chi connectivity index (χ0) is 13.9. The highest BCUT2D eigenvalue weighted by Gasteiger charge is 2.37. The number of benzene rings is 1. The predicted octanol–water partition coefficient (Wildman–Crippen LogP) is 3.38. The van der Waals surface area contributed by atoms with E-state index in [0.717, 1.165) is 5.56 Å². The van der Waals surface area contributed by atoms with E-state index in [-0.39, 0.29) is 11.8 Å². The Morgan fingerprint density at radius 3 is 2.17 bits per heavy atom. The molecule has 0 aliphatic heterocycles. The van der Waals surface area contributed by atoms with Crippen molar-refractivity contribution in [3.8, 4) is 0 Å². The number of allylic oxidation sites excluding steroid dienone is 1. The Labute approximate surface area is 110 Å². The molecule has 1 unspecified atom stereocenters. The quantitative estimate of drug-likeness (QED) is 0.741. The molecular weight excluding hydrogens is 222 g/mol. The summed E-state index contributed by atoms with van der Waals surface area (Å²) in [6.07, 6.45) is 1.42. The van der Waals surface area contributed by atoms with Crippen molar-refractivity contribution in [1.82, 2.24) is 4.90 Å². The van der Waals surface area contributed by atoms with Gasteiger partial charge in [0, 0.05) is 11.5 Å². The predicted molar refractivity (Wildman–Crippen MR) is 76.6 cm³/mol. The lowest BCUT2D eigenvalue weighted by Gasteiger charge is -2.37. The molecule has 0 bridgehead atoms. The lowest BCUT2D eigenvalue weighted by molar-refractivity contribution is -0.125. The Morgan fingerprint density at radius 1 is 1.28 bits per heavy atom. The van der Waals surface area contributed by atoms with E-state index in [9.17, 15) is 4.79 Å². The number of carbonyl (C=O) groups excluding carboxylic acids is 1. The van der Waals surface area contributed by atoms with Crippen molar-refractivity contribution in [1.29, 1.82) is 0 Å². The number of ketones is 1. The maximum Gasteiger partial charge on any atom is 0.162 e. The first-order valence-corrected chi connectivity index (χ1v) is 6.20. The van der Waals surface area contributed by atoms with Crippen LogP contribution in [-0.2, 0) is 4.79 Å². The van der Waals surface area contributed by atoms with E-state index in [1.54, 1.807) is 0 Å².